The van der Waals surface area contributed by atoms with E-state index in [1.165, 1.54) is 6.26 Å². The van der Waals surface area contributed by atoms with Crippen molar-refractivity contribution >= 4 is 11.6 Å². The number of amides is 1. The van der Waals surface area contributed by atoms with E-state index in [1.807, 2.05) is 38.1 Å². The fourth-order valence-corrected chi connectivity index (χ4v) is 1.76. The quantitative estimate of drug-likeness (QED) is 0.856. The van der Waals surface area contributed by atoms with E-state index in [4.69, 9.17) is 14.9 Å². The summed E-state index contributed by atoms with van der Waals surface area (Å²) in [4.78, 5) is 12.0. The summed E-state index contributed by atoms with van der Waals surface area (Å²) >= 11 is 0. The van der Waals surface area contributed by atoms with E-state index in [0.717, 1.165) is 11.3 Å². The highest BCUT2D eigenvalue weighted by atomic mass is 16.5. The van der Waals surface area contributed by atoms with E-state index in [2.05, 4.69) is 5.32 Å². The molecule has 1 amide bonds. The third-order valence-electron chi connectivity index (χ3n) is 2.91. The van der Waals surface area contributed by atoms with Gasteiger partial charge in [-0.3, -0.25) is 4.79 Å². The van der Waals surface area contributed by atoms with Crippen molar-refractivity contribution in [1.29, 1.82) is 0 Å². The minimum Gasteiger partial charge on any atom is -0.467 e. The number of rotatable bonds is 6. The van der Waals surface area contributed by atoms with Gasteiger partial charge in [-0.2, -0.15) is 0 Å². The number of ether oxygens (including phenoxy) is 1. The van der Waals surface area contributed by atoms with Crippen molar-refractivity contribution < 1.29 is 13.9 Å². The van der Waals surface area contributed by atoms with Gasteiger partial charge in [0.2, 0.25) is 0 Å². The predicted octanol–water partition coefficient (Wildman–Crippen LogP) is 2.92. The first-order valence-electron chi connectivity index (χ1n) is 6.88. The Morgan fingerprint density at radius 1 is 1.33 bits per heavy atom. The SMILES string of the molecule is CC(C)OCc1ccc(NC(=O)c2coc(CN)c2)cc1. The number of anilines is 1. The van der Waals surface area contributed by atoms with Crippen molar-refractivity contribution in [2.45, 2.75) is 33.1 Å². The van der Waals surface area contributed by atoms with Crippen molar-refractivity contribution in [1.82, 2.24) is 0 Å². The number of hydrogen-bond acceptors (Lipinski definition) is 4. The number of furan rings is 1. The van der Waals surface area contributed by atoms with Crippen LogP contribution in [0.1, 0.15) is 35.5 Å². The van der Waals surface area contributed by atoms with Gasteiger partial charge in [0.25, 0.3) is 5.91 Å². The number of carbonyl (C=O) groups excluding carboxylic acids is 1. The molecule has 112 valence electrons. The summed E-state index contributed by atoms with van der Waals surface area (Å²) in [5, 5.41) is 2.81. The molecular weight excluding hydrogens is 268 g/mol. The van der Waals surface area contributed by atoms with Gasteiger partial charge in [-0.15, -0.1) is 0 Å². The molecule has 0 spiro atoms. The lowest BCUT2D eigenvalue weighted by Crippen LogP contribution is -2.11. The number of benzene rings is 1. The zero-order chi connectivity index (χ0) is 15.2. The van der Waals surface area contributed by atoms with Gasteiger partial charge >= 0.3 is 0 Å². The van der Waals surface area contributed by atoms with Gasteiger partial charge in [-0.25, -0.2) is 0 Å². The molecular formula is C16H20N2O3. The number of nitrogens with two attached hydrogens (primary N) is 1. The number of hydrogen-bond donors (Lipinski definition) is 2. The second-order valence-corrected chi connectivity index (χ2v) is 5.02. The summed E-state index contributed by atoms with van der Waals surface area (Å²) in [6.45, 7) is 4.83. The minimum absolute atomic E-state index is 0.196. The van der Waals surface area contributed by atoms with Gasteiger partial charge < -0.3 is 20.2 Å². The molecule has 0 saturated carbocycles. The van der Waals surface area contributed by atoms with Gasteiger partial charge in [0.15, 0.2) is 0 Å². The van der Waals surface area contributed by atoms with Crippen molar-refractivity contribution in [3.8, 4) is 0 Å². The first-order valence-corrected chi connectivity index (χ1v) is 6.88. The van der Waals surface area contributed by atoms with Crippen LogP contribution in [0.25, 0.3) is 0 Å². The van der Waals surface area contributed by atoms with E-state index in [9.17, 15) is 4.79 Å². The Bertz CT molecular complexity index is 588. The Labute approximate surface area is 124 Å². The van der Waals surface area contributed by atoms with Gasteiger partial charge in [0, 0.05) is 5.69 Å². The lowest BCUT2D eigenvalue weighted by atomic mass is 10.2. The van der Waals surface area contributed by atoms with Crippen LogP contribution in [0.3, 0.4) is 0 Å². The van der Waals surface area contributed by atoms with Crippen LogP contribution in [0.2, 0.25) is 0 Å². The molecule has 0 saturated heterocycles. The molecule has 1 heterocycles. The van der Waals surface area contributed by atoms with Crippen LogP contribution in [0, 0.1) is 0 Å². The van der Waals surface area contributed by atoms with Crippen LogP contribution in [-0.2, 0) is 17.9 Å². The molecule has 1 aromatic heterocycles. The first-order chi connectivity index (χ1) is 10.1. The second kappa shape index (κ2) is 7.06. The standard InChI is InChI=1S/C16H20N2O3/c1-11(2)20-9-12-3-5-14(6-4-12)18-16(19)13-7-15(8-17)21-10-13/h3-7,10-11H,8-9,17H2,1-2H3,(H,18,19). The molecule has 0 unspecified atom stereocenters. The smallest absolute Gasteiger partial charge is 0.258 e. The molecule has 0 atom stereocenters. The van der Waals surface area contributed by atoms with Gasteiger partial charge in [0.1, 0.15) is 12.0 Å². The van der Waals surface area contributed by atoms with Crippen molar-refractivity contribution in [2.75, 3.05) is 5.32 Å². The molecule has 1 aromatic carbocycles. The summed E-state index contributed by atoms with van der Waals surface area (Å²) in [6, 6.07) is 9.19. The normalized spacial score (nSPS) is 10.9. The highest BCUT2D eigenvalue weighted by Gasteiger charge is 2.09. The zero-order valence-corrected chi connectivity index (χ0v) is 12.3. The van der Waals surface area contributed by atoms with E-state index in [1.54, 1.807) is 6.07 Å². The average Bonchev–Trinajstić information content (AvgIpc) is 2.95. The van der Waals surface area contributed by atoms with Crippen molar-refractivity contribution in [2.24, 2.45) is 5.73 Å². The Hall–Kier alpha value is -2.11. The molecule has 5 nitrogen and oxygen atoms in total. The molecule has 0 fully saturated rings. The molecule has 0 aliphatic carbocycles. The Morgan fingerprint density at radius 3 is 2.62 bits per heavy atom. The third-order valence-corrected chi connectivity index (χ3v) is 2.91. The third kappa shape index (κ3) is 4.44. The van der Waals surface area contributed by atoms with Crippen LogP contribution < -0.4 is 11.1 Å². The average molecular weight is 288 g/mol. The topological polar surface area (TPSA) is 77.5 Å². The molecule has 0 bridgehead atoms. The van der Waals surface area contributed by atoms with Crippen LogP contribution in [0.5, 0.6) is 0 Å². The fourth-order valence-electron chi connectivity index (χ4n) is 1.76. The van der Waals surface area contributed by atoms with E-state index in [-0.39, 0.29) is 18.6 Å². The molecule has 5 heteroatoms. The molecule has 0 aliphatic rings. The summed E-state index contributed by atoms with van der Waals surface area (Å²) in [7, 11) is 0. The predicted molar refractivity (Wildman–Crippen MR) is 80.9 cm³/mol. The van der Waals surface area contributed by atoms with Crippen LogP contribution in [-0.4, -0.2) is 12.0 Å². The summed E-state index contributed by atoms with van der Waals surface area (Å²) < 4.78 is 10.7. The van der Waals surface area contributed by atoms with Gasteiger partial charge in [-0.1, -0.05) is 12.1 Å². The summed E-state index contributed by atoms with van der Waals surface area (Å²) in [6.07, 6.45) is 1.60. The Balaban J connectivity index is 1.94. The van der Waals surface area contributed by atoms with Gasteiger partial charge in [-0.05, 0) is 37.6 Å². The number of nitrogens with one attached hydrogen (secondary N) is 1. The van der Waals surface area contributed by atoms with Crippen LogP contribution in [0.4, 0.5) is 5.69 Å². The fraction of sp³-hybridized carbons (Fsp3) is 0.312. The zero-order valence-electron chi connectivity index (χ0n) is 12.3. The lowest BCUT2D eigenvalue weighted by molar-refractivity contribution is 0.0657. The molecule has 0 radical (unpaired) electrons. The van der Waals surface area contributed by atoms with Gasteiger partial charge in [0.05, 0.1) is 24.8 Å². The highest BCUT2D eigenvalue weighted by Crippen LogP contribution is 2.14. The van der Waals surface area contributed by atoms with Crippen LogP contribution >= 0.6 is 0 Å². The largest absolute Gasteiger partial charge is 0.467 e. The molecule has 0 aliphatic heterocycles. The maximum absolute atomic E-state index is 12.0. The second-order valence-electron chi connectivity index (χ2n) is 5.02. The maximum atomic E-state index is 12.0. The lowest BCUT2D eigenvalue weighted by Gasteiger charge is -2.08. The monoisotopic (exact) mass is 288 g/mol. The summed E-state index contributed by atoms with van der Waals surface area (Å²) in [5.74, 6) is 0.367. The molecule has 3 N–H and O–H groups in total. The Morgan fingerprint density at radius 2 is 2.05 bits per heavy atom. The molecule has 2 rings (SSSR count). The summed E-state index contributed by atoms with van der Waals surface area (Å²) in [5.41, 5.74) is 7.70. The molecule has 2 aromatic rings. The van der Waals surface area contributed by atoms with Crippen molar-refractivity contribution in [3.05, 3.63) is 53.5 Å². The maximum Gasteiger partial charge on any atom is 0.258 e. The van der Waals surface area contributed by atoms with Crippen LogP contribution in [0.15, 0.2) is 41.0 Å². The van der Waals surface area contributed by atoms with E-state index < -0.39 is 0 Å². The minimum atomic E-state index is -0.218. The van der Waals surface area contributed by atoms with Crippen molar-refractivity contribution in [3.63, 3.8) is 0 Å². The highest BCUT2D eigenvalue weighted by molar-refractivity contribution is 6.04. The van der Waals surface area contributed by atoms with E-state index >= 15 is 0 Å². The Kier molecular flexibility index (Phi) is 5.14. The van der Waals surface area contributed by atoms with E-state index in [0.29, 0.717) is 17.9 Å². The first kappa shape index (κ1) is 15.3. The number of carbonyl (C=O) groups is 1. The molecule has 21 heavy (non-hydrogen) atoms.